The maximum absolute atomic E-state index is 12.3. The SMILES string of the molecule is CC(=O)OCC1CC(C)C(O)C(C)C1.CC(C)(C1CCCCC1)C1CC(C(C)(C)C2CCCCC2)C(O)C(C(C)(C)C2CCCCC2)C1.CC1CC(C2CCCCC2)C(O)C(C2CCCCC2)C1.CC1CC(CN(C)C)CC(C)C1O.CCCCCCCCOCCC1CC(C)C(O)C(C)C1.CCOC(=O)CCC1CC(C)C(O)C(C)C1.CSCC1CC(C)C(O)C(C)C1. The summed E-state index contributed by atoms with van der Waals surface area (Å²) in [5.74, 6) is 16.5. The fourth-order valence-corrected chi connectivity index (χ4v) is 30.0. The Balaban J connectivity index is 0.000000240. The van der Waals surface area contributed by atoms with Crippen LogP contribution < -0.4 is 0 Å². The Kier molecular flexibility index (Phi) is 54.4. The van der Waals surface area contributed by atoms with Crippen molar-refractivity contribution in [1.82, 2.24) is 4.90 Å². The minimum Gasteiger partial charge on any atom is -0.466 e. The summed E-state index contributed by atoms with van der Waals surface area (Å²) in [5, 5.41) is 72.3. The van der Waals surface area contributed by atoms with Crippen molar-refractivity contribution < 1.29 is 59.5 Å². The van der Waals surface area contributed by atoms with Crippen molar-refractivity contribution in [2.24, 2.45) is 170 Å². The topological polar surface area (TPSA) is 207 Å². The lowest BCUT2D eigenvalue weighted by atomic mass is 9.48. The molecule has 0 aromatic rings. The number of unbranched alkanes of at least 4 members (excludes halogenated alkanes) is 5. The van der Waals surface area contributed by atoms with Crippen LogP contribution in [0.4, 0.5) is 0 Å². The maximum Gasteiger partial charge on any atom is 0.305 e. The fraction of sp³-hybridized carbons (Fsp3) is 0.983. The van der Waals surface area contributed by atoms with Gasteiger partial charge < -0.3 is 54.9 Å². The molecule has 760 valence electrons. The quantitative estimate of drug-likeness (QED) is 0.0288. The standard InChI is InChI=1S/C33H60O.C19H34O.C18H36O2.C13H24O3.C11H23NO.C11H20O3.C10H20OS/c1-31(2,24-16-10-7-11-17-24)27-22-28(32(3,4)25-18-12-8-13-19-25)30(34)29(23-27)33(5,6)26-20-14-9-15-21-26;1-14-12-17(15-8-4-2-5-9-15)19(20)18(13-14)16-10-6-3-7-11-16;1-4-5-6-7-8-9-11-20-12-10-17-13-15(2)18(19)16(3)14-17;1-4-16-12(14)6-5-11-7-9(2)13(15)10(3)8-11;1-8-5-10(7-12(3)4)6-9(2)11(8)13;1-7-4-10(6-14-9(3)12)5-8(2)11(7)13;1-7-4-9(6-12-3)5-8(2)10(7)11/h24-30,34H,7-23H2,1-6H3;14-20H,2-13H2,1H3;15-19H,4-14H2,1-3H3;9-11,13,15H,4-8H2,1-3H3;8-11,13H,5-7H2,1-4H3;7-8,10-11,13H,4-6H2,1-3H3;7-11H,4-6H2,1-3H3. The van der Waals surface area contributed by atoms with Gasteiger partial charge in [0.1, 0.15) is 0 Å². The van der Waals surface area contributed by atoms with E-state index < -0.39 is 0 Å². The number of nitrogens with zero attached hydrogens (tertiary/aromatic N) is 1. The van der Waals surface area contributed by atoms with Gasteiger partial charge in [0, 0.05) is 33.1 Å². The van der Waals surface area contributed by atoms with E-state index in [4.69, 9.17) is 14.2 Å². The number of ether oxygens (including phenoxy) is 3. The highest BCUT2D eigenvalue weighted by Gasteiger charge is 2.56. The Hall–Kier alpha value is -1.07. The van der Waals surface area contributed by atoms with Gasteiger partial charge in [-0.3, -0.25) is 9.59 Å². The van der Waals surface area contributed by atoms with E-state index in [0.717, 1.165) is 104 Å². The summed E-state index contributed by atoms with van der Waals surface area (Å²) in [4.78, 5) is 24.1. The molecule has 7 N–H and O–H groups in total. The Morgan fingerprint density at radius 1 is 0.357 bits per heavy atom. The zero-order valence-electron chi connectivity index (χ0n) is 88.8. The zero-order valence-corrected chi connectivity index (χ0v) is 89.6. The molecule has 0 bridgehead atoms. The van der Waals surface area contributed by atoms with Gasteiger partial charge in [-0.15, -0.1) is 0 Å². The summed E-state index contributed by atoms with van der Waals surface area (Å²) in [7, 11) is 4.25. The molecule has 0 amide bonds. The van der Waals surface area contributed by atoms with Gasteiger partial charge in [-0.05, 0) is 351 Å². The predicted molar refractivity (Wildman–Crippen MR) is 545 cm³/mol. The van der Waals surface area contributed by atoms with E-state index in [2.05, 4.69) is 150 Å². The summed E-state index contributed by atoms with van der Waals surface area (Å²) < 4.78 is 15.7. The van der Waals surface area contributed by atoms with E-state index in [1.165, 1.54) is 289 Å². The molecule has 0 aliphatic heterocycles. The van der Waals surface area contributed by atoms with Crippen LogP contribution in [-0.4, -0.2) is 154 Å². The van der Waals surface area contributed by atoms with Crippen LogP contribution in [0.1, 0.15) is 447 Å². The van der Waals surface area contributed by atoms with E-state index in [0.29, 0.717) is 120 Å². The van der Waals surface area contributed by atoms with Crippen molar-refractivity contribution in [1.29, 1.82) is 0 Å². The largest absolute Gasteiger partial charge is 0.466 e. The number of carbonyl (C=O) groups is 2. The molecular weight excluding hydrogens is 1620 g/mol. The lowest BCUT2D eigenvalue weighted by molar-refractivity contribution is -0.144. The van der Waals surface area contributed by atoms with Gasteiger partial charge in [-0.1, -0.05) is 279 Å². The first kappa shape index (κ1) is 117. The van der Waals surface area contributed by atoms with Gasteiger partial charge in [-0.2, -0.15) is 11.8 Å². The summed E-state index contributed by atoms with van der Waals surface area (Å²) in [6, 6.07) is 0. The maximum atomic E-state index is 12.3. The number of carbonyl (C=O) groups excluding carboxylic acids is 2. The van der Waals surface area contributed by atoms with Gasteiger partial charge in [0.15, 0.2) is 0 Å². The van der Waals surface area contributed by atoms with Crippen LogP contribution in [0.3, 0.4) is 0 Å². The van der Waals surface area contributed by atoms with Crippen molar-refractivity contribution in [3.63, 3.8) is 0 Å². The molecule has 0 radical (unpaired) electrons. The second-order valence-electron chi connectivity index (χ2n) is 49.5. The molecule has 0 heterocycles. The minimum atomic E-state index is -0.212. The predicted octanol–water partition coefficient (Wildman–Crippen LogP) is 27.7. The number of hydrogen-bond donors (Lipinski definition) is 7. The third-order valence-electron chi connectivity index (χ3n) is 37.4. The van der Waals surface area contributed by atoms with Crippen LogP contribution in [0, 0.1) is 170 Å². The van der Waals surface area contributed by atoms with Crippen molar-refractivity contribution in [2.75, 3.05) is 59.1 Å². The number of aliphatic hydroxyl groups excluding tert-OH is 7. The summed E-state index contributed by atoms with van der Waals surface area (Å²) in [5.41, 5.74) is 0.909. The van der Waals surface area contributed by atoms with Crippen LogP contribution in [0.5, 0.6) is 0 Å². The molecule has 13 nitrogen and oxygen atoms in total. The third kappa shape index (κ3) is 38.8. The lowest BCUT2D eigenvalue weighted by Gasteiger charge is -2.58. The minimum absolute atomic E-state index is 0.0254. The fourth-order valence-electron chi connectivity index (χ4n) is 29.2. The van der Waals surface area contributed by atoms with Gasteiger partial charge in [0.2, 0.25) is 0 Å². The molecule has 12 fully saturated rings. The van der Waals surface area contributed by atoms with Gasteiger partial charge in [0.05, 0.1) is 55.9 Å². The van der Waals surface area contributed by atoms with E-state index in [1.54, 1.807) is 0 Å². The average molecular weight is 1840 g/mol. The lowest BCUT2D eigenvalue weighted by Crippen LogP contribution is -2.55. The molecule has 129 heavy (non-hydrogen) atoms. The second-order valence-corrected chi connectivity index (χ2v) is 50.4. The van der Waals surface area contributed by atoms with Gasteiger partial charge >= 0.3 is 11.9 Å². The first-order valence-corrected chi connectivity index (χ1v) is 57.3. The average Bonchev–Trinajstić information content (AvgIpc) is 0.739. The molecule has 0 aromatic heterocycles. The molecule has 0 saturated heterocycles. The highest BCUT2D eigenvalue weighted by atomic mass is 32.2. The van der Waals surface area contributed by atoms with Crippen LogP contribution in [-0.2, 0) is 23.8 Å². The number of hydrogen-bond acceptors (Lipinski definition) is 14. The highest BCUT2D eigenvalue weighted by Crippen LogP contribution is 2.61. The molecule has 12 saturated carbocycles. The smallest absolute Gasteiger partial charge is 0.305 e. The van der Waals surface area contributed by atoms with Gasteiger partial charge in [0.25, 0.3) is 0 Å². The Morgan fingerprint density at radius 2 is 0.690 bits per heavy atom. The Morgan fingerprint density at radius 3 is 1.05 bits per heavy atom. The van der Waals surface area contributed by atoms with Crippen LogP contribution in [0.25, 0.3) is 0 Å². The van der Waals surface area contributed by atoms with Crippen LogP contribution in [0.15, 0.2) is 0 Å². The summed E-state index contributed by atoms with van der Waals surface area (Å²) in [6.07, 6.45) is 63.7. The summed E-state index contributed by atoms with van der Waals surface area (Å²) in [6.45, 7) is 48.9. The third-order valence-corrected chi connectivity index (χ3v) is 38.2. The Labute approximate surface area is 801 Å². The normalized spacial score (nSPS) is 36.8. The van der Waals surface area contributed by atoms with E-state index in [9.17, 15) is 45.3 Å². The van der Waals surface area contributed by atoms with Gasteiger partial charge in [-0.25, -0.2) is 0 Å². The van der Waals surface area contributed by atoms with Crippen molar-refractivity contribution in [3.8, 4) is 0 Å². The van der Waals surface area contributed by atoms with Crippen molar-refractivity contribution in [3.05, 3.63) is 0 Å². The van der Waals surface area contributed by atoms with E-state index in [-0.39, 0.29) is 65.5 Å². The monoisotopic (exact) mass is 1840 g/mol. The molecule has 0 aromatic carbocycles. The first-order valence-electron chi connectivity index (χ1n) is 55.9. The molecule has 12 rings (SSSR count). The van der Waals surface area contributed by atoms with E-state index in [1.807, 2.05) is 18.7 Å². The first-order chi connectivity index (χ1) is 61.2. The van der Waals surface area contributed by atoms with Crippen LogP contribution in [0.2, 0.25) is 0 Å². The molecule has 14 heteroatoms. The molecule has 12 aliphatic carbocycles. The van der Waals surface area contributed by atoms with Crippen molar-refractivity contribution in [2.45, 2.75) is 489 Å². The molecular formula is C115H217NO12S. The zero-order chi connectivity index (χ0) is 95.3. The Bertz CT molecular complexity index is 2770. The number of rotatable bonds is 28. The van der Waals surface area contributed by atoms with E-state index >= 15 is 0 Å². The molecule has 14 atom stereocenters. The van der Waals surface area contributed by atoms with Crippen LogP contribution >= 0.6 is 11.8 Å². The van der Waals surface area contributed by atoms with Crippen molar-refractivity contribution >= 4 is 23.7 Å². The molecule has 0 spiro atoms. The number of aliphatic hydroxyl groups is 7. The molecule has 14 unspecified atom stereocenters. The summed E-state index contributed by atoms with van der Waals surface area (Å²) >= 11 is 1.93. The highest BCUT2D eigenvalue weighted by molar-refractivity contribution is 7.98. The number of thioether (sulfide) groups is 1. The molecule has 12 aliphatic rings. The second kappa shape index (κ2) is 60.2. The number of esters is 2.